The van der Waals surface area contributed by atoms with Gasteiger partial charge in [0.1, 0.15) is 22.7 Å². The topological polar surface area (TPSA) is 155 Å². The number of nitrogens with one attached hydrogen (secondary N) is 4. The molecule has 1 aromatic carbocycles. The molecule has 1 aliphatic heterocycles. The second kappa shape index (κ2) is 11.1. The van der Waals surface area contributed by atoms with Gasteiger partial charge in [0.25, 0.3) is 5.56 Å². The van der Waals surface area contributed by atoms with Gasteiger partial charge in [-0.05, 0) is 30.7 Å². The number of aliphatic hydroxyl groups excluding tert-OH is 1. The third-order valence-electron chi connectivity index (χ3n) is 7.02. The van der Waals surface area contributed by atoms with Crippen molar-refractivity contribution in [2.24, 2.45) is 0 Å². The second-order valence-corrected chi connectivity index (χ2v) is 10.2. The number of aromatic amines is 3. The van der Waals surface area contributed by atoms with Crippen molar-refractivity contribution in [3.8, 4) is 11.4 Å². The standard InChI is InChI=1S/C27H29ClN10O2/c1-16-23-25(36-27(33-16)38-11-9-37(10-12-38)15-21-29-7-8-30-21)35-24(34-23)22-19(5-6-31-26(22)40)32-14-20(39)17-3-2-4-18(28)13-17/h2-8,13,20,39H,9-12,14-15H2,1H3,(H,29,30)(H2,31,32,40)(H,33,34,35,36)/t20-/m1/s1. The Morgan fingerprint density at radius 2 is 1.95 bits per heavy atom. The summed E-state index contributed by atoms with van der Waals surface area (Å²) in [5, 5.41) is 14.4. The fourth-order valence-corrected chi connectivity index (χ4v) is 5.08. The van der Waals surface area contributed by atoms with E-state index in [1.165, 1.54) is 0 Å². The summed E-state index contributed by atoms with van der Waals surface area (Å²) < 4.78 is 0. The molecule has 12 nitrogen and oxygen atoms in total. The minimum absolute atomic E-state index is 0.173. The van der Waals surface area contributed by atoms with Crippen molar-refractivity contribution in [3.05, 3.63) is 81.4 Å². The normalized spacial score (nSPS) is 15.0. The molecule has 0 bridgehead atoms. The zero-order chi connectivity index (χ0) is 27.6. The summed E-state index contributed by atoms with van der Waals surface area (Å²) >= 11 is 6.07. The SMILES string of the molecule is Cc1nc(N2CCN(Cc3ncc[nH]3)CC2)nc2nc(-c3c(NC[C@@H](O)c4cccc(Cl)c4)cc[nH]c3=O)[nH]c12. The lowest BCUT2D eigenvalue weighted by Gasteiger charge is -2.34. The van der Waals surface area contributed by atoms with Gasteiger partial charge < -0.3 is 30.3 Å². The van der Waals surface area contributed by atoms with E-state index in [4.69, 9.17) is 21.6 Å². The first-order chi connectivity index (χ1) is 19.4. The maximum atomic E-state index is 12.9. The van der Waals surface area contributed by atoms with Crippen molar-refractivity contribution in [1.29, 1.82) is 0 Å². The average molecular weight is 561 g/mol. The van der Waals surface area contributed by atoms with Crippen molar-refractivity contribution in [3.63, 3.8) is 0 Å². The number of piperazine rings is 1. The fraction of sp³-hybridized carbons (Fsp3) is 0.296. The van der Waals surface area contributed by atoms with Crippen LogP contribution in [0.25, 0.3) is 22.6 Å². The van der Waals surface area contributed by atoms with E-state index in [1.807, 2.05) is 13.1 Å². The second-order valence-electron chi connectivity index (χ2n) is 9.74. The van der Waals surface area contributed by atoms with E-state index >= 15 is 0 Å². The maximum Gasteiger partial charge on any atom is 0.261 e. The van der Waals surface area contributed by atoms with Crippen molar-refractivity contribution in [1.82, 2.24) is 39.8 Å². The highest BCUT2D eigenvalue weighted by molar-refractivity contribution is 6.30. The van der Waals surface area contributed by atoms with Gasteiger partial charge in [-0.15, -0.1) is 0 Å². The molecule has 0 aliphatic carbocycles. The molecule has 1 aliphatic rings. The molecule has 5 heterocycles. The largest absolute Gasteiger partial charge is 0.387 e. The Bertz CT molecular complexity index is 1670. The van der Waals surface area contributed by atoms with E-state index in [9.17, 15) is 9.90 Å². The van der Waals surface area contributed by atoms with Crippen molar-refractivity contribution in [2.75, 3.05) is 42.9 Å². The monoisotopic (exact) mass is 560 g/mol. The molecule has 5 aromatic rings. The highest BCUT2D eigenvalue weighted by Crippen LogP contribution is 2.27. The summed E-state index contributed by atoms with van der Waals surface area (Å²) in [6.07, 6.45) is 4.33. The lowest BCUT2D eigenvalue weighted by Crippen LogP contribution is -2.46. The number of imidazole rings is 2. The van der Waals surface area contributed by atoms with Crippen LogP contribution in [0.3, 0.4) is 0 Å². The number of halogens is 1. The molecule has 1 saturated heterocycles. The van der Waals surface area contributed by atoms with Crippen LogP contribution in [0, 0.1) is 6.92 Å². The number of nitrogens with zero attached hydrogens (tertiary/aromatic N) is 6. The Hall–Kier alpha value is -4.26. The first kappa shape index (κ1) is 26.0. The molecule has 0 amide bonds. The molecular formula is C27H29ClN10O2. The van der Waals surface area contributed by atoms with Crippen LogP contribution in [0.2, 0.25) is 5.02 Å². The smallest absolute Gasteiger partial charge is 0.261 e. The van der Waals surface area contributed by atoms with E-state index in [0.717, 1.165) is 44.2 Å². The summed E-state index contributed by atoms with van der Waals surface area (Å²) in [6.45, 7) is 6.14. The van der Waals surface area contributed by atoms with E-state index in [1.54, 1.807) is 42.7 Å². The number of hydrogen-bond donors (Lipinski definition) is 5. The van der Waals surface area contributed by atoms with Crippen LogP contribution in [0.4, 0.5) is 11.6 Å². The number of fused-ring (bicyclic) bond motifs is 1. The first-order valence-electron chi connectivity index (χ1n) is 13.0. The van der Waals surface area contributed by atoms with Crippen LogP contribution < -0.4 is 15.8 Å². The number of benzene rings is 1. The lowest BCUT2D eigenvalue weighted by molar-refractivity contribution is 0.191. The van der Waals surface area contributed by atoms with Crippen LogP contribution >= 0.6 is 11.6 Å². The number of aliphatic hydroxyl groups is 1. The highest BCUT2D eigenvalue weighted by atomic mass is 35.5. The number of anilines is 2. The summed E-state index contributed by atoms with van der Waals surface area (Å²) in [5.74, 6) is 1.94. The van der Waals surface area contributed by atoms with Gasteiger partial charge >= 0.3 is 0 Å². The van der Waals surface area contributed by atoms with Gasteiger partial charge in [-0.3, -0.25) is 9.69 Å². The van der Waals surface area contributed by atoms with Crippen molar-refractivity contribution >= 4 is 34.4 Å². The molecule has 0 saturated carbocycles. The van der Waals surface area contributed by atoms with Gasteiger partial charge in [0, 0.05) is 56.3 Å². The molecular weight excluding hydrogens is 532 g/mol. The molecule has 4 aromatic heterocycles. The number of pyridine rings is 1. The highest BCUT2D eigenvalue weighted by Gasteiger charge is 2.23. The van der Waals surface area contributed by atoms with E-state index in [2.05, 4.69) is 40.0 Å². The fourth-order valence-electron chi connectivity index (χ4n) is 4.88. The van der Waals surface area contributed by atoms with E-state index < -0.39 is 6.10 Å². The zero-order valence-corrected chi connectivity index (χ0v) is 22.6. The third kappa shape index (κ3) is 5.41. The summed E-state index contributed by atoms with van der Waals surface area (Å²) in [4.78, 5) is 45.0. The molecule has 13 heteroatoms. The van der Waals surface area contributed by atoms with Crippen LogP contribution in [0.5, 0.6) is 0 Å². The van der Waals surface area contributed by atoms with Crippen LogP contribution in [0.15, 0.2) is 53.7 Å². The third-order valence-corrected chi connectivity index (χ3v) is 7.26. The maximum absolute atomic E-state index is 12.9. The van der Waals surface area contributed by atoms with Gasteiger partial charge in [-0.2, -0.15) is 4.98 Å². The molecule has 0 radical (unpaired) electrons. The Balaban J connectivity index is 1.21. The summed E-state index contributed by atoms with van der Waals surface area (Å²) in [7, 11) is 0. The van der Waals surface area contributed by atoms with Crippen molar-refractivity contribution in [2.45, 2.75) is 19.6 Å². The first-order valence-corrected chi connectivity index (χ1v) is 13.4. The molecule has 0 unspecified atom stereocenters. The minimum Gasteiger partial charge on any atom is -0.387 e. The number of hydrogen-bond acceptors (Lipinski definition) is 9. The summed E-state index contributed by atoms with van der Waals surface area (Å²) in [6, 6.07) is 8.78. The predicted molar refractivity (Wildman–Crippen MR) is 153 cm³/mol. The predicted octanol–water partition coefficient (Wildman–Crippen LogP) is 2.86. The Morgan fingerprint density at radius 1 is 1.10 bits per heavy atom. The van der Waals surface area contributed by atoms with Gasteiger partial charge in [0.2, 0.25) is 5.95 Å². The van der Waals surface area contributed by atoms with Gasteiger partial charge in [-0.1, -0.05) is 23.7 Å². The molecule has 1 atom stereocenters. The zero-order valence-electron chi connectivity index (χ0n) is 21.9. The number of rotatable bonds is 8. The van der Waals surface area contributed by atoms with E-state index in [-0.39, 0.29) is 12.1 Å². The average Bonchev–Trinajstić information content (AvgIpc) is 3.62. The number of aromatic nitrogens is 7. The summed E-state index contributed by atoms with van der Waals surface area (Å²) in [5.41, 5.74) is 3.12. The van der Waals surface area contributed by atoms with Crippen molar-refractivity contribution < 1.29 is 5.11 Å². The number of H-pyrrole nitrogens is 3. The van der Waals surface area contributed by atoms with Crippen LogP contribution in [-0.2, 0) is 6.54 Å². The van der Waals surface area contributed by atoms with Gasteiger partial charge in [0.05, 0.1) is 24.0 Å². The Morgan fingerprint density at radius 3 is 2.73 bits per heavy atom. The molecule has 6 rings (SSSR count). The molecule has 1 fully saturated rings. The Labute approximate surface area is 234 Å². The number of aryl methyl sites for hydroxylation is 1. The minimum atomic E-state index is -0.822. The Kier molecular flexibility index (Phi) is 7.20. The quantitative estimate of drug-likeness (QED) is 0.193. The molecule has 0 spiro atoms. The lowest BCUT2D eigenvalue weighted by atomic mass is 10.1. The van der Waals surface area contributed by atoms with Gasteiger partial charge in [0.15, 0.2) is 5.65 Å². The van der Waals surface area contributed by atoms with Gasteiger partial charge in [-0.25, -0.2) is 15.0 Å². The van der Waals surface area contributed by atoms with E-state index in [0.29, 0.717) is 44.8 Å². The molecule has 40 heavy (non-hydrogen) atoms. The molecule has 5 N–H and O–H groups in total. The van der Waals surface area contributed by atoms with Crippen LogP contribution in [0.1, 0.15) is 23.2 Å². The van der Waals surface area contributed by atoms with Crippen LogP contribution in [-0.4, -0.2) is 77.6 Å². The molecule has 206 valence electrons.